The lowest BCUT2D eigenvalue weighted by Gasteiger charge is -2.08. The molecule has 2 aromatic rings. The third kappa shape index (κ3) is 5.00. The molecule has 0 bridgehead atoms. The van der Waals surface area contributed by atoms with Crippen molar-refractivity contribution in [1.82, 2.24) is 5.32 Å². The van der Waals surface area contributed by atoms with E-state index in [1.54, 1.807) is 13.2 Å². The topological polar surface area (TPSA) is 50.7 Å². The molecule has 4 heteroatoms. The van der Waals surface area contributed by atoms with Crippen molar-refractivity contribution in [3.63, 3.8) is 0 Å². The molecule has 2 aromatic carbocycles. The van der Waals surface area contributed by atoms with E-state index in [4.69, 9.17) is 9.47 Å². The van der Waals surface area contributed by atoms with Gasteiger partial charge >= 0.3 is 0 Å². The van der Waals surface area contributed by atoms with Crippen LogP contribution in [0.1, 0.15) is 12.0 Å². The largest absolute Gasteiger partial charge is 0.508 e. The van der Waals surface area contributed by atoms with Gasteiger partial charge in [0, 0.05) is 12.1 Å². The summed E-state index contributed by atoms with van der Waals surface area (Å²) in [6.45, 7) is 2.15. The van der Waals surface area contributed by atoms with Gasteiger partial charge in [0.1, 0.15) is 17.2 Å². The SMILES string of the molecule is COc1ccc(OCCCNCc2ccccc2O)cc1. The highest BCUT2D eigenvalue weighted by Crippen LogP contribution is 2.17. The molecule has 21 heavy (non-hydrogen) atoms. The molecule has 4 nitrogen and oxygen atoms in total. The third-order valence-corrected chi connectivity index (χ3v) is 3.13. The molecule has 0 saturated carbocycles. The zero-order valence-corrected chi connectivity index (χ0v) is 12.2. The molecule has 0 aliphatic rings. The molecule has 2 rings (SSSR count). The quantitative estimate of drug-likeness (QED) is 0.733. The van der Waals surface area contributed by atoms with Gasteiger partial charge in [-0.05, 0) is 43.3 Å². The van der Waals surface area contributed by atoms with Crippen molar-refractivity contribution in [3.05, 3.63) is 54.1 Å². The Balaban J connectivity index is 1.60. The molecule has 0 fully saturated rings. The number of phenolic OH excluding ortho intramolecular Hbond substituents is 1. The fourth-order valence-electron chi connectivity index (χ4n) is 1.94. The second kappa shape index (κ2) is 8.17. The monoisotopic (exact) mass is 287 g/mol. The van der Waals surface area contributed by atoms with Gasteiger partial charge in [-0.1, -0.05) is 18.2 Å². The molecule has 0 aromatic heterocycles. The zero-order chi connectivity index (χ0) is 14.9. The summed E-state index contributed by atoms with van der Waals surface area (Å²) in [5.74, 6) is 2.00. The average molecular weight is 287 g/mol. The highest BCUT2D eigenvalue weighted by molar-refractivity contribution is 5.32. The summed E-state index contributed by atoms with van der Waals surface area (Å²) >= 11 is 0. The molecule has 0 saturated heterocycles. The van der Waals surface area contributed by atoms with Crippen LogP contribution in [0.3, 0.4) is 0 Å². The maximum atomic E-state index is 9.63. The van der Waals surface area contributed by atoms with Gasteiger partial charge in [0.25, 0.3) is 0 Å². The summed E-state index contributed by atoms with van der Waals surface area (Å²) in [6, 6.07) is 14.9. The second-order valence-corrected chi connectivity index (χ2v) is 4.68. The van der Waals surface area contributed by atoms with Crippen LogP contribution >= 0.6 is 0 Å². The van der Waals surface area contributed by atoms with Gasteiger partial charge in [-0.15, -0.1) is 0 Å². The molecule has 0 aliphatic heterocycles. The van der Waals surface area contributed by atoms with Crippen LogP contribution in [0.4, 0.5) is 0 Å². The van der Waals surface area contributed by atoms with Gasteiger partial charge in [0.2, 0.25) is 0 Å². The van der Waals surface area contributed by atoms with E-state index in [0.717, 1.165) is 30.0 Å². The van der Waals surface area contributed by atoms with E-state index in [1.165, 1.54) is 0 Å². The van der Waals surface area contributed by atoms with Crippen molar-refractivity contribution >= 4 is 0 Å². The molecule has 0 heterocycles. The fraction of sp³-hybridized carbons (Fsp3) is 0.294. The van der Waals surface area contributed by atoms with Crippen LogP contribution < -0.4 is 14.8 Å². The predicted octanol–water partition coefficient (Wildman–Crippen LogP) is 2.96. The number of nitrogens with one attached hydrogen (secondary N) is 1. The highest BCUT2D eigenvalue weighted by atomic mass is 16.5. The second-order valence-electron chi connectivity index (χ2n) is 4.68. The third-order valence-electron chi connectivity index (χ3n) is 3.13. The zero-order valence-electron chi connectivity index (χ0n) is 12.2. The van der Waals surface area contributed by atoms with E-state index in [1.807, 2.05) is 42.5 Å². The van der Waals surface area contributed by atoms with Crippen molar-refractivity contribution in [1.29, 1.82) is 0 Å². The van der Waals surface area contributed by atoms with Gasteiger partial charge in [-0.2, -0.15) is 0 Å². The van der Waals surface area contributed by atoms with Crippen molar-refractivity contribution < 1.29 is 14.6 Å². The minimum Gasteiger partial charge on any atom is -0.508 e. The molecule has 0 aliphatic carbocycles. The molecule has 0 spiro atoms. The Labute approximate surface area is 125 Å². The van der Waals surface area contributed by atoms with Crippen LogP contribution in [0.2, 0.25) is 0 Å². The van der Waals surface area contributed by atoms with Crippen LogP contribution in [-0.4, -0.2) is 25.4 Å². The number of para-hydroxylation sites is 1. The molecular formula is C17H21NO3. The Bertz CT molecular complexity index is 540. The lowest BCUT2D eigenvalue weighted by molar-refractivity contribution is 0.307. The van der Waals surface area contributed by atoms with E-state index in [0.29, 0.717) is 18.9 Å². The minimum absolute atomic E-state index is 0.333. The normalized spacial score (nSPS) is 10.3. The molecular weight excluding hydrogens is 266 g/mol. The molecule has 0 amide bonds. The van der Waals surface area contributed by atoms with Gasteiger partial charge in [-0.25, -0.2) is 0 Å². The van der Waals surface area contributed by atoms with Crippen LogP contribution in [0.15, 0.2) is 48.5 Å². The number of aromatic hydroxyl groups is 1. The van der Waals surface area contributed by atoms with E-state index < -0.39 is 0 Å². The first-order chi connectivity index (χ1) is 10.3. The van der Waals surface area contributed by atoms with Crippen molar-refractivity contribution in [2.45, 2.75) is 13.0 Å². The Morgan fingerprint density at radius 2 is 1.71 bits per heavy atom. The van der Waals surface area contributed by atoms with E-state index in [-0.39, 0.29) is 0 Å². The summed E-state index contributed by atoms with van der Waals surface area (Å²) in [7, 11) is 1.64. The Morgan fingerprint density at radius 3 is 2.43 bits per heavy atom. The summed E-state index contributed by atoms with van der Waals surface area (Å²) < 4.78 is 10.7. The van der Waals surface area contributed by atoms with Crippen LogP contribution in [-0.2, 0) is 6.54 Å². The lowest BCUT2D eigenvalue weighted by atomic mass is 10.2. The van der Waals surface area contributed by atoms with E-state index >= 15 is 0 Å². The van der Waals surface area contributed by atoms with Crippen LogP contribution in [0.25, 0.3) is 0 Å². The summed E-state index contributed by atoms with van der Waals surface area (Å²) in [5.41, 5.74) is 0.911. The first-order valence-corrected chi connectivity index (χ1v) is 7.04. The standard InChI is InChI=1S/C17H21NO3/c1-20-15-7-9-16(10-8-15)21-12-4-11-18-13-14-5-2-3-6-17(14)19/h2-3,5-10,18-19H,4,11-13H2,1H3. The molecule has 0 atom stereocenters. The molecule has 2 N–H and O–H groups in total. The van der Waals surface area contributed by atoms with Gasteiger partial charge in [-0.3, -0.25) is 0 Å². The Kier molecular flexibility index (Phi) is 5.91. The predicted molar refractivity (Wildman–Crippen MR) is 82.9 cm³/mol. The summed E-state index contributed by atoms with van der Waals surface area (Å²) in [4.78, 5) is 0. The number of hydrogen-bond donors (Lipinski definition) is 2. The van der Waals surface area contributed by atoms with Crippen molar-refractivity contribution in [3.8, 4) is 17.2 Å². The number of methoxy groups -OCH3 is 1. The summed E-state index contributed by atoms with van der Waals surface area (Å²) in [5, 5.41) is 12.9. The number of phenols is 1. The van der Waals surface area contributed by atoms with Crippen LogP contribution in [0, 0.1) is 0 Å². The van der Waals surface area contributed by atoms with E-state index in [9.17, 15) is 5.11 Å². The van der Waals surface area contributed by atoms with Crippen LogP contribution in [0.5, 0.6) is 17.2 Å². The smallest absolute Gasteiger partial charge is 0.120 e. The first-order valence-electron chi connectivity index (χ1n) is 7.04. The Morgan fingerprint density at radius 1 is 1.00 bits per heavy atom. The number of rotatable bonds is 8. The van der Waals surface area contributed by atoms with Crippen molar-refractivity contribution in [2.75, 3.05) is 20.3 Å². The van der Waals surface area contributed by atoms with Crippen molar-refractivity contribution in [2.24, 2.45) is 0 Å². The maximum Gasteiger partial charge on any atom is 0.120 e. The molecule has 112 valence electrons. The first kappa shape index (κ1) is 15.2. The minimum atomic E-state index is 0.333. The lowest BCUT2D eigenvalue weighted by Crippen LogP contribution is -2.17. The van der Waals surface area contributed by atoms with Gasteiger partial charge < -0.3 is 19.9 Å². The number of hydrogen-bond acceptors (Lipinski definition) is 4. The highest BCUT2D eigenvalue weighted by Gasteiger charge is 1.99. The summed E-state index contributed by atoms with van der Waals surface area (Å²) in [6.07, 6.45) is 0.902. The van der Waals surface area contributed by atoms with Gasteiger partial charge in [0.15, 0.2) is 0 Å². The Hall–Kier alpha value is -2.20. The molecule has 0 unspecified atom stereocenters. The van der Waals surface area contributed by atoms with E-state index in [2.05, 4.69) is 5.32 Å². The molecule has 0 radical (unpaired) electrons. The fourth-order valence-corrected chi connectivity index (χ4v) is 1.94. The van der Waals surface area contributed by atoms with Gasteiger partial charge in [0.05, 0.1) is 13.7 Å². The number of ether oxygens (including phenoxy) is 2. The average Bonchev–Trinajstić information content (AvgIpc) is 2.53. The number of benzene rings is 2. The maximum absolute atomic E-state index is 9.63.